The summed E-state index contributed by atoms with van der Waals surface area (Å²) in [5.74, 6) is 0.210. The molecule has 1 N–H and O–H groups in total. The molecule has 2 atom stereocenters. The molecule has 0 radical (unpaired) electrons. The lowest BCUT2D eigenvalue weighted by molar-refractivity contribution is -0.138. The minimum atomic E-state index is -0.324. The summed E-state index contributed by atoms with van der Waals surface area (Å²) in [6, 6.07) is 0. The van der Waals surface area contributed by atoms with Gasteiger partial charge in [-0.15, -0.1) is 0 Å². The van der Waals surface area contributed by atoms with Gasteiger partial charge in [0.2, 0.25) is 5.91 Å². The van der Waals surface area contributed by atoms with Gasteiger partial charge in [-0.25, -0.2) is 0 Å². The van der Waals surface area contributed by atoms with Crippen LogP contribution in [0.25, 0.3) is 0 Å². The molecule has 2 heterocycles. The molecule has 2 aliphatic rings. The van der Waals surface area contributed by atoms with E-state index in [4.69, 9.17) is 4.74 Å². The van der Waals surface area contributed by atoms with E-state index >= 15 is 0 Å². The molecule has 2 rings (SSSR count). The van der Waals surface area contributed by atoms with Gasteiger partial charge < -0.3 is 14.7 Å². The van der Waals surface area contributed by atoms with Crippen LogP contribution in [0.3, 0.4) is 0 Å². The van der Waals surface area contributed by atoms with E-state index in [9.17, 15) is 9.90 Å². The summed E-state index contributed by atoms with van der Waals surface area (Å²) < 4.78 is 5.19. The third kappa shape index (κ3) is 2.07. The first kappa shape index (κ1) is 9.93. The van der Waals surface area contributed by atoms with Crippen LogP contribution in [0.5, 0.6) is 0 Å². The maximum atomic E-state index is 11.9. The molecule has 2 fully saturated rings. The quantitative estimate of drug-likeness (QED) is 0.647. The molecule has 0 spiro atoms. The molecule has 0 bridgehead atoms. The fraction of sp³-hybridized carbons (Fsp3) is 0.900. The number of amides is 1. The van der Waals surface area contributed by atoms with E-state index in [0.717, 1.165) is 25.8 Å². The predicted molar refractivity (Wildman–Crippen MR) is 50.7 cm³/mol. The van der Waals surface area contributed by atoms with E-state index in [-0.39, 0.29) is 17.9 Å². The van der Waals surface area contributed by atoms with Crippen molar-refractivity contribution in [1.82, 2.24) is 4.90 Å². The summed E-state index contributed by atoms with van der Waals surface area (Å²) in [5, 5.41) is 9.45. The van der Waals surface area contributed by atoms with Crippen molar-refractivity contribution >= 4 is 5.91 Å². The van der Waals surface area contributed by atoms with Gasteiger partial charge in [-0.2, -0.15) is 0 Å². The number of hydrogen-bond donors (Lipinski definition) is 1. The number of ether oxygens (including phenoxy) is 1. The molecule has 0 aliphatic carbocycles. The summed E-state index contributed by atoms with van der Waals surface area (Å²) in [5.41, 5.74) is 0. The highest BCUT2D eigenvalue weighted by Crippen LogP contribution is 2.18. The highest BCUT2D eigenvalue weighted by molar-refractivity contribution is 5.79. The van der Waals surface area contributed by atoms with Crippen molar-refractivity contribution in [2.75, 3.05) is 26.3 Å². The van der Waals surface area contributed by atoms with E-state index < -0.39 is 0 Å². The second kappa shape index (κ2) is 4.28. The lowest BCUT2D eigenvalue weighted by Gasteiger charge is -2.31. The molecule has 14 heavy (non-hydrogen) atoms. The summed E-state index contributed by atoms with van der Waals surface area (Å²) >= 11 is 0. The summed E-state index contributed by atoms with van der Waals surface area (Å²) in [4.78, 5) is 13.7. The van der Waals surface area contributed by atoms with Crippen LogP contribution in [0, 0.1) is 5.92 Å². The van der Waals surface area contributed by atoms with Crippen LogP contribution in [-0.4, -0.2) is 48.3 Å². The zero-order valence-electron chi connectivity index (χ0n) is 8.32. The van der Waals surface area contributed by atoms with Crippen LogP contribution in [0.4, 0.5) is 0 Å². The van der Waals surface area contributed by atoms with Crippen LogP contribution in [0.1, 0.15) is 19.3 Å². The summed E-state index contributed by atoms with van der Waals surface area (Å²) in [6.45, 7) is 2.57. The zero-order valence-corrected chi connectivity index (χ0v) is 8.32. The Morgan fingerprint density at radius 2 is 2.29 bits per heavy atom. The third-order valence-electron chi connectivity index (χ3n) is 2.99. The van der Waals surface area contributed by atoms with Crippen LogP contribution < -0.4 is 0 Å². The monoisotopic (exact) mass is 199 g/mol. The van der Waals surface area contributed by atoms with Gasteiger partial charge in [0.25, 0.3) is 0 Å². The topological polar surface area (TPSA) is 49.8 Å². The first-order valence-corrected chi connectivity index (χ1v) is 5.32. The minimum absolute atomic E-state index is 0.0419. The fourth-order valence-electron chi connectivity index (χ4n) is 2.14. The van der Waals surface area contributed by atoms with E-state index in [1.807, 2.05) is 0 Å². The molecule has 80 valence electrons. The first-order chi connectivity index (χ1) is 6.77. The molecule has 0 aromatic carbocycles. The number of β-amino-alcohol motifs (C(OH)–C–C–N with tert-alkyl or cyclic N) is 1. The Morgan fingerprint density at radius 1 is 1.43 bits per heavy atom. The smallest absolute Gasteiger partial charge is 0.228 e. The number of nitrogens with zero attached hydrogens (tertiary/aromatic N) is 1. The van der Waals surface area contributed by atoms with Gasteiger partial charge >= 0.3 is 0 Å². The molecule has 0 aromatic rings. The molecule has 0 aromatic heterocycles. The van der Waals surface area contributed by atoms with Crippen LogP contribution in [-0.2, 0) is 9.53 Å². The molecular weight excluding hydrogens is 182 g/mol. The molecule has 2 saturated heterocycles. The lowest BCUT2D eigenvalue weighted by Crippen LogP contribution is -2.45. The van der Waals surface area contributed by atoms with Crippen molar-refractivity contribution in [3.8, 4) is 0 Å². The van der Waals surface area contributed by atoms with Crippen LogP contribution in [0.15, 0.2) is 0 Å². The molecule has 0 unspecified atom stereocenters. The maximum Gasteiger partial charge on any atom is 0.228 e. The van der Waals surface area contributed by atoms with Gasteiger partial charge in [-0.3, -0.25) is 4.79 Å². The molecule has 4 nitrogen and oxygen atoms in total. The number of piperidine rings is 1. The molecular formula is C10H17NO3. The maximum absolute atomic E-state index is 11.9. The van der Waals surface area contributed by atoms with Crippen molar-refractivity contribution in [3.05, 3.63) is 0 Å². The second-order valence-electron chi connectivity index (χ2n) is 4.14. The number of aliphatic hydroxyl groups is 1. The normalized spacial score (nSPS) is 33.4. The number of carbonyl (C=O) groups excluding carboxylic acids is 1. The molecule has 0 saturated carbocycles. The van der Waals surface area contributed by atoms with E-state index in [1.165, 1.54) is 0 Å². The highest BCUT2D eigenvalue weighted by Gasteiger charge is 2.30. The predicted octanol–water partition coefficient (Wildman–Crippen LogP) is 0.00620. The number of carbonyl (C=O) groups is 1. The van der Waals surface area contributed by atoms with Crippen molar-refractivity contribution in [2.45, 2.75) is 25.4 Å². The molecule has 4 heteroatoms. The Kier molecular flexibility index (Phi) is 3.03. The third-order valence-corrected chi connectivity index (χ3v) is 2.99. The van der Waals surface area contributed by atoms with E-state index in [2.05, 4.69) is 0 Å². The Bertz CT molecular complexity index is 213. The Hall–Kier alpha value is -0.610. The SMILES string of the molecule is O=C([C@@H]1CCOC1)N1CCC[C@H](O)C1. The van der Waals surface area contributed by atoms with Gasteiger partial charge in [0.05, 0.1) is 18.6 Å². The largest absolute Gasteiger partial charge is 0.391 e. The Balaban J connectivity index is 1.89. The van der Waals surface area contributed by atoms with Gasteiger partial charge in [-0.1, -0.05) is 0 Å². The number of aliphatic hydroxyl groups excluding tert-OH is 1. The minimum Gasteiger partial charge on any atom is -0.391 e. The summed E-state index contributed by atoms with van der Waals surface area (Å²) in [7, 11) is 0. The second-order valence-corrected chi connectivity index (χ2v) is 4.14. The van der Waals surface area contributed by atoms with Gasteiger partial charge in [0.15, 0.2) is 0 Å². The van der Waals surface area contributed by atoms with Gasteiger partial charge in [-0.05, 0) is 19.3 Å². The fourth-order valence-corrected chi connectivity index (χ4v) is 2.14. The average Bonchev–Trinajstić information content (AvgIpc) is 2.69. The average molecular weight is 199 g/mol. The van der Waals surface area contributed by atoms with E-state index in [1.54, 1.807) is 4.90 Å². The molecule has 1 amide bonds. The van der Waals surface area contributed by atoms with Crippen LogP contribution in [0.2, 0.25) is 0 Å². The van der Waals surface area contributed by atoms with Crippen molar-refractivity contribution in [1.29, 1.82) is 0 Å². The van der Waals surface area contributed by atoms with E-state index in [0.29, 0.717) is 19.8 Å². The standard InChI is InChI=1S/C10H17NO3/c12-9-2-1-4-11(6-9)10(13)8-3-5-14-7-8/h8-9,12H,1-7H2/t8-,9+/m1/s1. The number of hydrogen-bond acceptors (Lipinski definition) is 3. The Morgan fingerprint density at radius 3 is 2.93 bits per heavy atom. The Labute approximate surface area is 83.8 Å². The number of rotatable bonds is 1. The van der Waals surface area contributed by atoms with Gasteiger partial charge in [0, 0.05) is 19.7 Å². The summed E-state index contributed by atoms with van der Waals surface area (Å²) in [6.07, 6.45) is 2.26. The van der Waals surface area contributed by atoms with Crippen LogP contribution >= 0.6 is 0 Å². The lowest BCUT2D eigenvalue weighted by atomic mass is 10.0. The van der Waals surface area contributed by atoms with Gasteiger partial charge in [0.1, 0.15) is 0 Å². The zero-order chi connectivity index (χ0) is 9.97. The first-order valence-electron chi connectivity index (χ1n) is 5.32. The number of likely N-dealkylation sites (tertiary alicyclic amines) is 1. The van der Waals surface area contributed by atoms with Crippen molar-refractivity contribution in [3.63, 3.8) is 0 Å². The highest BCUT2D eigenvalue weighted by atomic mass is 16.5. The van der Waals surface area contributed by atoms with Crippen molar-refractivity contribution < 1.29 is 14.6 Å². The van der Waals surface area contributed by atoms with Crippen molar-refractivity contribution in [2.24, 2.45) is 5.92 Å². The molecule has 2 aliphatic heterocycles.